The van der Waals surface area contributed by atoms with Gasteiger partial charge in [0.1, 0.15) is 0 Å². The average Bonchev–Trinajstić information content (AvgIpc) is 2.46. The molecule has 0 saturated carbocycles. The maximum atomic E-state index is 12.1. The average molecular weight is 326 g/mol. The van der Waals surface area contributed by atoms with Crippen molar-refractivity contribution in [3.63, 3.8) is 0 Å². The lowest BCUT2D eigenvalue weighted by Gasteiger charge is -2.30. The molecular formula is C16H24ClN3O2. The van der Waals surface area contributed by atoms with Crippen molar-refractivity contribution in [2.75, 3.05) is 18.0 Å². The quantitative estimate of drug-likeness (QED) is 0.864. The summed E-state index contributed by atoms with van der Waals surface area (Å²) in [6.45, 7) is 4.55. The molecule has 0 bridgehead atoms. The van der Waals surface area contributed by atoms with Crippen LogP contribution in [0.5, 0.6) is 0 Å². The smallest absolute Gasteiger partial charge is 0.227 e. The normalized spacial score (nSPS) is 14.1. The van der Waals surface area contributed by atoms with Crippen molar-refractivity contribution in [1.82, 2.24) is 5.32 Å². The number of amides is 2. The van der Waals surface area contributed by atoms with E-state index in [9.17, 15) is 9.59 Å². The van der Waals surface area contributed by atoms with Crippen molar-refractivity contribution in [3.8, 4) is 0 Å². The molecular weight excluding hydrogens is 302 g/mol. The molecule has 0 unspecified atom stereocenters. The number of rotatable bonds is 5. The molecule has 1 aromatic carbocycles. The summed E-state index contributed by atoms with van der Waals surface area (Å²) in [6, 6.07) is 7.87. The first-order valence-electron chi connectivity index (χ1n) is 7.32. The van der Waals surface area contributed by atoms with Gasteiger partial charge in [0, 0.05) is 37.2 Å². The van der Waals surface area contributed by atoms with Crippen molar-refractivity contribution >= 4 is 29.9 Å². The van der Waals surface area contributed by atoms with Gasteiger partial charge in [0.05, 0.1) is 0 Å². The third kappa shape index (κ3) is 4.45. The molecule has 0 fully saturated rings. The first-order valence-corrected chi connectivity index (χ1v) is 7.32. The Morgan fingerprint density at radius 1 is 1.32 bits per heavy atom. The van der Waals surface area contributed by atoms with E-state index in [0.717, 1.165) is 12.1 Å². The minimum atomic E-state index is -0.416. The summed E-state index contributed by atoms with van der Waals surface area (Å²) in [4.78, 5) is 25.8. The van der Waals surface area contributed by atoms with Crippen LogP contribution in [0.15, 0.2) is 24.3 Å². The molecule has 22 heavy (non-hydrogen) atoms. The van der Waals surface area contributed by atoms with Gasteiger partial charge in [0.25, 0.3) is 0 Å². The molecule has 5 nitrogen and oxygen atoms in total. The number of para-hydroxylation sites is 1. The predicted molar refractivity (Wildman–Crippen MR) is 90.3 cm³/mol. The van der Waals surface area contributed by atoms with Crippen LogP contribution in [0.1, 0.15) is 32.3 Å². The van der Waals surface area contributed by atoms with Crippen molar-refractivity contribution in [2.45, 2.75) is 38.6 Å². The van der Waals surface area contributed by atoms with E-state index in [2.05, 4.69) is 5.32 Å². The number of hydrogen-bond donors (Lipinski definition) is 2. The van der Waals surface area contributed by atoms with Crippen LogP contribution >= 0.6 is 12.4 Å². The zero-order chi connectivity index (χ0) is 15.5. The lowest BCUT2D eigenvalue weighted by Crippen LogP contribution is -2.49. The maximum absolute atomic E-state index is 12.1. The summed E-state index contributed by atoms with van der Waals surface area (Å²) in [5.74, 6) is 0.000824. The first kappa shape index (κ1) is 18.5. The SMILES string of the molecule is CC(C)(CN)NC(=O)CCN1C(=O)CCc2ccccc21.Cl. The molecule has 0 spiro atoms. The van der Waals surface area contributed by atoms with Crippen molar-refractivity contribution in [1.29, 1.82) is 0 Å². The molecule has 2 rings (SSSR count). The van der Waals surface area contributed by atoms with E-state index in [4.69, 9.17) is 5.73 Å². The molecule has 0 saturated heterocycles. The predicted octanol–water partition coefficient (Wildman–Crippen LogP) is 1.63. The number of nitrogens with one attached hydrogen (secondary N) is 1. The standard InChI is InChI=1S/C16H23N3O2.ClH/c1-16(2,11-17)18-14(20)9-10-19-13-6-4-3-5-12(13)7-8-15(19)21;/h3-6H,7-11,17H2,1-2H3,(H,18,20);1H. The number of halogens is 1. The third-order valence-electron chi connectivity index (χ3n) is 3.74. The van der Waals surface area contributed by atoms with Crippen LogP contribution in [0.3, 0.4) is 0 Å². The van der Waals surface area contributed by atoms with Crippen molar-refractivity contribution < 1.29 is 9.59 Å². The summed E-state index contributed by atoms with van der Waals surface area (Å²) in [5.41, 5.74) is 7.28. The van der Waals surface area contributed by atoms with E-state index < -0.39 is 5.54 Å². The van der Waals surface area contributed by atoms with Crippen LogP contribution in [0.4, 0.5) is 5.69 Å². The molecule has 2 amide bonds. The fourth-order valence-corrected chi connectivity index (χ4v) is 2.45. The van der Waals surface area contributed by atoms with Crippen LogP contribution < -0.4 is 16.0 Å². The highest BCUT2D eigenvalue weighted by Crippen LogP contribution is 2.27. The van der Waals surface area contributed by atoms with Crippen LogP contribution in [0, 0.1) is 0 Å². The summed E-state index contributed by atoms with van der Waals surface area (Å²) < 4.78 is 0. The molecule has 1 aliphatic rings. The van der Waals surface area contributed by atoms with Gasteiger partial charge in [-0.2, -0.15) is 0 Å². The minimum Gasteiger partial charge on any atom is -0.350 e. The van der Waals surface area contributed by atoms with Gasteiger partial charge in [-0.3, -0.25) is 9.59 Å². The summed E-state index contributed by atoms with van der Waals surface area (Å²) in [5, 5.41) is 2.88. The van der Waals surface area contributed by atoms with Crippen LogP contribution in [0.25, 0.3) is 0 Å². The molecule has 6 heteroatoms. The Morgan fingerprint density at radius 3 is 2.68 bits per heavy atom. The number of hydrogen-bond acceptors (Lipinski definition) is 3. The van der Waals surface area contributed by atoms with Crippen molar-refractivity contribution in [3.05, 3.63) is 29.8 Å². The minimum absolute atomic E-state index is 0. The molecule has 1 aliphatic heterocycles. The highest BCUT2D eigenvalue weighted by molar-refractivity contribution is 5.97. The lowest BCUT2D eigenvalue weighted by molar-refractivity contribution is -0.122. The Kier molecular flexibility index (Phi) is 6.38. The highest BCUT2D eigenvalue weighted by atomic mass is 35.5. The van der Waals surface area contributed by atoms with Gasteiger partial charge in [-0.25, -0.2) is 0 Å². The Hall–Kier alpha value is -1.59. The number of benzene rings is 1. The monoisotopic (exact) mass is 325 g/mol. The van der Waals surface area contributed by atoms with Gasteiger partial charge >= 0.3 is 0 Å². The first-order chi connectivity index (χ1) is 9.93. The molecule has 0 radical (unpaired) electrons. The zero-order valence-electron chi connectivity index (χ0n) is 13.1. The van der Waals surface area contributed by atoms with E-state index in [1.165, 1.54) is 5.56 Å². The van der Waals surface area contributed by atoms with Gasteiger partial charge in [-0.05, 0) is 31.9 Å². The molecule has 3 N–H and O–H groups in total. The fourth-order valence-electron chi connectivity index (χ4n) is 2.45. The second kappa shape index (κ2) is 7.61. The number of carbonyl (C=O) groups is 2. The summed E-state index contributed by atoms with van der Waals surface area (Å²) in [7, 11) is 0. The Morgan fingerprint density at radius 2 is 2.00 bits per heavy atom. The van der Waals surface area contributed by atoms with Crippen LogP contribution in [-0.2, 0) is 16.0 Å². The van der Waals surface area contributed by atoms with E-state index in [-0.39, 0.29) is 30.6 Å². The molecule has 0 aliphatic carbocycles. The largest absolute Gasteiger partial charge is 0.350 e. The maximum Gasteiger partial charge on any atom is 0.227 e. The number of anilines is 1. The number of nitrogens with two attached hydrogens (primary N) is 1. The number of aryl methyl sites for hydroxylation is 1. The van der Waals surface area contributed by atoms with Gasteiger partial charge in [0.15, 0.2) is 0 Å². The van der Waals surface area contributed by atoms with Gasteiger partial charge in [-0.1, -0.05) is 18.2 Å². The second-order valence-electron chi connectivity index (χ2n) is 6.06. The summed E-state index contributed by atoms with van der Waals surface area (Å²) in [6.07, 6.45) is 1.56. The van der Waals surface area contributed by atoms with Crippen LogP contribution in [0.2, 0.25) is 0 Å². The Bertz CT molecular complexity index is 546. The van der Waals surface area contributed by atoms with E-state index >= 15 is 0 Å². The number of nitrogens with zero attached hydrogens (tertiary/aromatic N) is 1. The molecule has 122 valence electrons. The Balaban J connectivity index is 0.00000242. The highest BCUT2D eigenvalue weighted by Gasteiger charge is 2.25. The van der Waals surface area contributed by atoms with E-state index in [1.54, 1.807) is 4.90 Å². The third-order valence-corrected chi connectivity index (χ3v) is 3.74. The number of fused-ring (bicyclic) bond motifs is 1. The van der Waals surface area contributed by atoms with E-state index in [1.807, 2.05) is 38.1 Å². The van der Waals surface area contributed by atoms with Gasteiger partial charge < -0.3 is 16.0 Å². The summed E-state index contributed by atoms with van der Waals surface area (Å²) >= 11 is 0. The molecule has 0 aromatic heterocycles. The second-order valence-corrected chi connectivity index (χ2v) is 6.06. The lowest BCUT2D eigenvalue weighted by atomic mass is 10.0. The van der Waals surface area contributed by atoms with Crippen molar-refractivity contribution in [2.24, 2.45) is 5.73 Å². The van der Waals surface area contributed by atoms with Gasteiger partial charge in [-0.15, -0.1) is 12.4 Å². The molecule has 0 atom stereocenters. The zero-order valence-corrected chi connectivity index (χ0v) is 13.9. The topological polar surface area (TPSA) is 75.4 Å². The molecule has 1 heterocycles. The van der Waals surface area contributed by atoms with Crippen LogP contribution in [-0.4, -0.2) is 30.4 Å². The fraction of sp³-hybridized carbons (Fsp3) is 0.500. The number of carbonyl (C=O) groups excluding carboxylic acids is 2. The Labute approximate surface area is 137 Å². The molecule has 1 aromatic rings. The van der Waals surface area contributed by atoms with E-state index in [0.29, 0.717) is 19.5 Å². The van der Waals surface area contributed by atoms with Gasteiger partial charge in [0.2, 0.25) is 11.8 Å².